The molecule has 1 N–H and O–H groups in total. The second-order valence-electron chi connectivity index (χ2n) is 15.2. The van der Waals surface area contributed by atoms with Crippen molar-refractivity contribution in [3.8, 4) is 17.0 Å². The quantitative estimate of drug-likeness (QED) is 0.112. The van der Waals surface area contributed by atoms with Crippen LogP contribution in [0.3, 0.4) is 0 Å². The van der Waals surface area contributed by atoms with Crippen LogP contribution in [-0.2, 0) is 37.4 Å². The van der Waals surface area contributed by atoms with E-state index in [0.717, 1.165) is 66.5 Å². The molecule has 0 spiro atoms. The van der Waals surface area contributed by atoms with E-state index in [4.69, 9.17) is 18.9 Å². The zero-order chi connectivity index (χ0) is 38.2. The number of amides is 3. The highest BCUT2D eigenvalue weighted by Gasteiger charge is 2.40. The second-order valence-corrected chi connectivity index (χ2v) is 15.2. The van der Waals surface area contributed by atoms with Gasteiger partial charge < -0.3 is 33.3 Å². The summed E-state index contributed by atoms with van der Waals surface area (Å²) in [6, 6.07) is 17.8. The molecular weight excluding hydrogens is 713 g/mol. The maximum atomic E-state index is 13.0. The van der Waals surface area contributed by atoms with Crippen LogP contribution in [-0.4, -0.2) is 101 Å². The molecule has 1 atom stereocenters. The molecule has 0 radical (unpaired) electrons. The Balaban J connectivity index is 0.611. The molecule has 1 saturated carbocycles. The molecule has 13 nitrogen and oxygen atoms in total. The van der Waals surface area contributed by atoms with Crippen molar-refractivity contribution in [2.24, 2.45) is 7.05 Å². The lowest BCUT2D eigenvalue weighted by atomic mass is 9.92. The number of anilines is 1. The second kappa shape index (κ2) is 15.6. The molecule has 56 heavy (non-hydrogen) atoms. The van der Waals surface area contributed by atoms with Crippen LogP contribution in [0.15, 0.2) is 73.2 Å². The van der Waals surface area contributed by atoms with E-state index in [1.807, 2.05) is 48.9 Å². The molecule has 1 unspecified atom stereocenters. The van der Waals surface area contributed by atoms with Crippen molar-refractivity contribution >= 4 is 45.2 Å². The number of carbonyl (C=O) groups excluding carboxylic acids is 3. The monoisotopic (exact) mass is 758 g/mol. The number of hydrogen-bond donors (Lipinski definition) is 1. The standard InChI is InChI=1S/C43H46N6O7/c1-47-37-12-13-44-23-36(37)35-7-4-27(19-39(35)47)28-5-11-41(45-22-28)56-32-20-31(21-32)54-16-2-14-53-15-3-17-55-33-25-48(26-33)30-6-8-34-29(18-30)24-49(43(34)52)38-9-10-40(50)46-42(38)51/h4-8,11-13,18-19,22-23,31-33,38H,2-3,9-10,14-17,20-21,24-26H2,1H3,(H,46,50,51). The highest BCUT2D eigenvalue weighted by molar-refractivity contribution is 6.08. The van der Waals surface area contributed by atoms with E-state index in [1.165, 1.54) is 16.4 Å². The first kappa shape index (κ1) is 36.3. The SMILES string of the molecule is Cn1c2ccncc2c2ccc(-c3ccc(OC4CC(OCCCOCCCOC5CN(c6ccc7c(c6)CN(C6CCC(=O)NC6=O)C7=O)C5)C4)nc3)cc21. The van der Waals surface area contributed by atoms with Gasteiger partial charge in [-0.05, 0) is 66.8 Å². The Labute approximate surface area is 324 Å². The minimum Gasteiger partial charge on any atom is -0.474 e. The van der Waals surface area contributed by atoms with E-state index in [1.54, 1.807) is 4.90 Å². The topological polar surface area (TPSA) is 137 Å². The summed E-state index contributed by atoms with van der Waals surface area (Å²) in [4.78, 5) is 49.6. The number of aryl methyl sites for hydroxylation is 1. The first-order chi connectivity index (χ1) is 27.4. The zero-order valence-corrected chi connectivity index (χ0v) is 31.5. The average molecular weight is 759 g/mol. The van der Waals surface area contributed by atoms with Gasteiger partial charge in [0, 0.05) is 130 Å². The number of piperidine rings is 1. The Bertz CT molecular complexity index is 2260. The Morgan fingerprint density at radius 3 is 2.39 bits per heavy atom. The number of benzene rings is 2. The normalized spacial score (nSPS) is 21.0. The third-order valence-electron chi connectivity index (χ3n) is 11.5. The van der Waals surface area contributed by atoms with Gasteiger partial charge in [0.2, 0.25) is 17.7 Å². The van der Waals surface area contributed by atoms with Crippen LogP contribution in [0.5, 0.6) is 5.88 Å². The molecule has 3 aromatic heterocycles. The molecule has 3 amide bonds. The number of hydrogen-bond acceptors (Lipinski definition) is 10. The number of carbonyl (C=O) groups is 3. The van der Waals surface area contributed by atoms with Crippen molar-refractivity contribution in [1.29, 1.82) is 0 Å². The summed E-state index contributed by atoms with van der Waals surface area (Å²) in [5.74, 6) is -0.188. The van der Waals surface area contributed by atoms with Crippen molar-refractivity contribution < 1.29 is 33.3 Å². The van der Waals surface area contributed by atoms with Crippen LogP contribution in [0.2, 0.25) is 0 Å². The van der Waals surface area contributed by atoms with Crippen LogP contribution in [0.25, 0.3) is 32.9 Å². The van der Waals surface area contributed by atoms with E-state index in [9.17, 15) is 14.4 Å². The molecule has 0 bridgehead atoms. The first-order valence-electron chi connectivity index (χ1n) is 19.7. The molecule has 5 aromatic rings. The van der Waals surface area contributed by atoms with Gasteiger partial charge in [-0.2, -0.15) is 0 Å². The number of imide groups is 1. The zero-order valence-electron chi connectivity index (χ0n) is 31.5. The smallest absolute Gasteiger partial charge is 0.255 e. The van der Waals surface area contributed by atoms with Crippen molar-refractivity contribution in [3.05, 3.63) is 84.3 Å². The highest BCUT2D eigenvalue weighted by atomic mass is 16.5. The molecular formula is C43H46N6O7. The van der Waals surface area contributed by atoms with E-state index < -0.39 is 11.9 Å². The van der Waals surface area contributed by atoms with Gasteiger partial charge in [-0.1, -0.05) is 12.1 Å². The molecule has 4 aliphatic rings. The number of aromatic nitrogens is 3. The van der Waals surface area contributed by atoms with Gasteiger partial charge in [-0.3, -0.25) is 24.7 Å². The largest absolute Gasteiger partial charge is 0.474 e. The summed E-state index contributed by atoms with van der Waals surface area (Å²) in [6.07, 6.45) is 10.2. The van der Waals surface area contributed by atoms with Crippen molar-refractivity contribution in [2.45, 2.75) is 69.4 Å². The maximum absolute atomic E-state index is 13.0. The Hall–Kier alpha value is -5.37. The lowest BCUT2D eigenvalue weighted by Crippen LogP contribution is -2.52. The molecule has 3 fully saturated rings. The van der Waals surface area contributed by atoms with Crippen LogP contribution < -0.4 is 15.0 Å². The fourth-order valence-electron chi connectivity index (χ4n) is 8.21. The molecule has 290 valence electrons. The molecule has 1 aliphatic carbocycles. The number of fused-ring (bicyclic) bond motifs is 4. The summed E-state index contributed by atoms with van der Waals surface area (Å²) in [7, 11) is 2.09. The average Bonchev–Trinajstić information content (AvgIpc) is 3.65. The minimum atomic E-state index is -0.602. The van der Waals surface area contributed by atoms with Gasteiger partial charge in [0.1, 0.15) is 12.1 Å². The van der Waals surface area contributed by atoms with E-state index in [2.05, 4.69) is 56.1 Å². The Morgan fingerprint density at radius 2 is 1.61 bits per heavy atom. The summed E-state index contributed by atoms with van der Waals surface area (Å²) in [5.41, 5.74) is 7.09. The van der Waals surface area contributed by atoms with E-state index in [0.29, 0.717) is 50.8 Å². The van der Waals surface area contributed by atoms with Crippen molar-refractivity contribution in [2.75, 3.05) is 44.4 Å². The number of nitrogens with zero attached hydrogens (tertiary/aromatic N) is 5. The van der Waals surface area contributed by atoms with Crippen molar-refractivity contribution in [3.63, 3.8) is 0 Å². The van der Waals surface area contributed by atoms with Crippen LogP contribution in [0.1, 0.15) is 54.4 Å². The first-order valence-corrected chi connectivity index (χ1v) is 19.7. The number of rotatable bonds is 15. The summed E-state index contributed by atoms with van der Waals surface area (Å²) >= 11 is 0. The molecule has 3 aliphatic heterocycles. The fraction of sp³-hybridized carbons (Fsp3) is 0.419. The Kier molecular flexibility index (Phi) is 10.1. The lowest BCUT2D eigenvalue weighted by molar-refractivity contribution is -0.136. The third kappa shape index (κ3) is 7.34. The summed E-state index contributed by atoms with van der Waals surface area (Å²) in [5, 5.41) is 4.71. The number of ether oxygens (including phenoxy) is 4. The molecule has 2 saturated heterocycles. The van der Waals surface area contributed by atoms with Gasteiger partial charge >= 0.3 is 0 Å². The molecule has 9 rings (SSSR count). The Morgan fingerprint density at radius 1 is 0.804 bits per heavy atom. The van der Waals surface area contributed by atoms with Gasteiger partial charge in [0.15, 0.2) is 0 Å². The van der Waals surface area contributed by atoms with E-state index >= 15 is 0 Å². The van der Waals surface area contributed by atoms with Gasteiger partial charge in [-0.25, -0.2) is 4.98 Å². The van der Waals surface area contributed by atoms with Crippen LogP contribution in [0, 0.1) is 0 Å². The minimum absolute atomic E-state index is 0.120. The third-order valence-corrected chi connectivity index (χ3v) is 11.5. The molecule has 2 aromatic carbocycles. The van der Waals surface area contributed by atoms with Gasteiger partial charge in [0.05, 0.1) is 17.7 Å². The predicted octanol–water partition coefficient (Wildman–Crippen LogP) is 5.18. The maximum Gasteiger partial charge on any atom is 0.255 e. The molecule has 6 heterocycles. The summed E-state index contributed by atoms with van der Waals surface area (Å²) < 4.78 is 26.2. The lowest BCUT2D eigenvalue weighted by Gasteiger charge is -2.40. The molecule has 13 heteroatoms. The fourth-order valence-corrected chi connectivity index (χ4v) is 8.21. The van der Waals surface area contributed by atoms with Gasteiger partial charge in [0.25, 0.3) is 5.91 Å². The van der Waals surface area contributed by atoms with E-state index in [-0.39, 0.29) is 36.5 Å². The number of nitrogens with one attached hydrogen (secondary N) is 1. The summed E-state index contributed by atoms with van der Waals surface area (Å²) in [6.45, 7) is 4.59. The van der Waals surface area contributed by atoms with Crippen LogP contribution in [0.4, 0.5) is 5.69 Å². The van der Waals surface area contributed by atoms with Crippen molar-refractivity contribution in [1.82, 2.24) is 24.8 Å². The number of pyridine rings is 2. The van der Waals surface area contributed by atoms with Crippen LogP contribution >= 0.6 is 0 Å². The predicted molar refractivity (Wildman–Crippen MR) is 209 cm³/mol. The highest BCUT2D eigenvalue weighted by Crippen LogP contribution is 2.34. The van der Waals surface area contributed by atoms with Gasteiger partial charge in [-0.15, -0.1) is 0 Å².